The molecule has 0 saturated carbocycles. The molecule has 0 radical (unpaired) electrons. The second-order valence-electron chi connectivity index (χ2n) is 5.26. The third-order valence-electron chi connectivity index (χ3n) is 3.60. The average molecular weight is 344 g/mol. The molecule has 0 spiro atoms. The van der Waals surface area contributed by atoms with E-state index in [0.29, 0.717) is 0 Å². The molecule has 0 aliphatic carbocycles. The number of nitrogens with zero attached hydrogens (tertiary/aromatic N) is 4. The Hall–Kier alpha value is -3.40. The molecular weight excluding hydrogens is 328 g/mol. The Kier molecular flexibility index (Phi) is 4.35. The molecule has 0 saturated heterocycles. The van der Waals surface area contributed by atoms with Crippen LogP contribution in [0.4, 0.5) is 5.95 Å². The highest BCUT2D eigenvalue weighted by atomic mass is 16.3. The van der Waals surface area contributed by atoms with Crippen LogP contribution in [0.5, 0.6) is 5.75 Å². The van der Waals surface area contributed by atoms with Crippen molar-refractivity contribution in [3.63, 3.8) is 0 Å². The summed E-state index contributed by atoms with van der Waals surface area (Å²) in [5, 5.41) is 22.5. The number of nitrogens with one attached hydrogen (secondary N) is 2. The first kappa shape index (κ1) is 16.5. The topological polar surface area (TPSA) is 138 Å². The monoisotopic (exact) mass is 344 g/mol. The minimum atomic E-state index is -0.588. The molecule has 25 heavy (non-hydrogen) atoms. The number of aryl methyl sites for hydroxylation is 1. The van der Waals surface area contributed by atoms with Crippen LogP contribution in [0.15, 0.2) is 39.0 Å². The SMILES string of the molecule is Cn1c(=O)[nH]c(=O)c2c1nc(N/N=C\c1ccc(O)cc1)n2CCO. The molecule has 3 aromatic rings. The maximum atomic E-state index is 12.1. The molecule has 0 atom stereocenters. The molecule has 0 aliphatic heterocycles. The van der Waals surface area contributed by atoms with Crippen LogP contribution in [0, 0.1) is 0 Å². The van der Waals surface area contributed by atoms with Crippen molar-refractivity contribution in [2.75, 3.05) is 12.0 Å². The molecule has 0 bridgehead atoms. The van der Waals surface area contributed by atoms with E-state index in [4.69, 9.17) is 0 Å². The third-order valence-corrected chi connectivity index (χ3v) is 3.60. The fraction of sp³-hybridized carbons (Fsp3) is 0.200. The number of fused-ring (bicyclic) bond motifs is 1. The van der Waals surface area contributed by atoms with Gasteiger partial charge in [0, 0.05) is 13.6 Å². The van der Waals surface area contributed by atoms with E-state index in [1.165, 1.54) is 34.5 Å². The predicted octanol–water partition coefficient (Wildman–Crippen LogP) is -0.433. The van der Waals surface area contributed by atoms with Gasteiger partial charge in [0.15, 0.2) is 11.2 Å². The van der Waals surface area contributed by atoms with Crippen molar-refractivity contribution in [2.45, 2.75) is 6.54 Å². The molecule has 0 unspecified atom stereocenters. The van der Waals surface area contributed by atoms with E-state index in [1.54, 1.807) is 12.1 Å². The van der Waals surface area contributed by atoms with E-state index >= 15 is 0 Å². The summed E-state index contributed by atoms with van der Waals surface area (Å²) in [4.78, 5) is 30.2. The summed E-state index contributed by atoms with van der Waals surface area (Å²) in [5.41, 5.74) is 2.62. The largest absolute Gasteiger partial charge is 0.508 e. The summed E-state index contributed by atoms with van der Waals surface area (Å²) in [7, 11) is 1.49. The second-order valence-corrected chi connectivity index (χ2v) is 5.26. The van der Waals surface area contributed by atoms with Crippen LogP contribution in [0.2, 0.25) is 0 Å². The zero-order valence-corrected chi connectivity index (χ0v) is 13.3. The van der Waals surface area contributed by atoms with Crippen LogP contribution in [0.1, 0.15) is 5.56 Å². The number of hydrogen-bond acceptors (Lipinski definition) is 7. The predicted molar refractivity (Wildman–Crippen MR) is 92.0 cm³/mol. The molecule has 10 nitrogen and oxygen atoms in total. The van der Waals surface area contributed by atoms with Crippen LogP contribution in [0.3, 0.4) is 0 Å². The summed E-state index contributed by atoms with van der Waals surface area (Å²) < 4.78 is 2.65. The molecular formula is C15H16N6O4. The number of phenols is 1. The summed E-state index contributed by atoms with van der Waals surface area (Å²) in [6.07, 6.45) is 1.51. The van der Waals surface area contributed by atoms with E-state index in [2.05, 4.69) is 20.5 Å². The number of aliphatic hydroxyl groups excluding tert-OH is 1. The number of hydrogen-bond donors (Lipinski definition) is 4. The van der Waals surface area contributed by atoms with Crippen LogP contribution in [0.25, 0.3) is 11.2 Å². The van der Waals surface area contributed by atoms with E-state index in [-0.39, 0.29) is 36.0 Å². The number of benzene rings is 1. The fourth-order valence-corrected chi connectivity index (χ4v) is 2.36. The molecule has 2 aromatic heterocycles. The van der Waals surface area contributed by atoms with Gasteiger partial charge in [0.05, 0.1) is 12.8 Å². The van der Waals surface area contributed by atoms with Gasteiger partial charge in [-0.2, -0.15) is 10.1 Å². The smallest absolute Gasteiger partial charge is 0.329 e. The first-order valence-electron chi connectivity index (χ1n) is 7.40. The molecule has 3 rings (SSSR count). The lowest BCUT2D eigenvalue weighted by atomic mass is 10.2. The van der Waals surface area contributed by atoms with Crippen molar-refractivity contribution >= 4 is 23.3 Å². The van der Waals surface area contributed by atoms with Crippen LogP contribution < -0.4 is 16.7 Å². The van der Waals surface area contributed by atoms with E-state index < -0.39 is 11.2 Å². The van der Waals surface area contributed by atoms with E-state index in [1.807, 2.05) is 0 Å². The van der Waals surface area contributed by atoms with Crippen LogP contribution in [-0.2, 0) is 13.6 Å². The highest BCUT2D eigenvalue weighted by molar-refractivity contribution is 5.80. The molecule has 4 N–H and O–H groups in total. The quantitative estimate of drug-likeness (QED) is 0.366. The highest BCUT2D eigenvalue weighted by Gasteiger charge is 2.16. The zero-order valence-electron chi connectivity index (χ0n) is 13.3. The first-order chi connectivity index (χ1) is 12.0. The summed E-state index contributed by atoms with van der Waals surface area (Å²) in [6, 6.07) is 6.40. The Balaban J connectivity index is 2.00. The molecule has 2 heterocycles. The fourth-order valence-electron chi connectivity index (χ4n) is 2.36. The molecule has 0 amide bonds. The van der Waals surface area contributed by atoms with Gasteiger partial charge in [-0.25, -0.2) is 10.2 Å². The van der Waals surface area contributed by atoms with Gasteiger partial charge in [0.2, 0.25) is 5.95 Å². The minimum Gasteiger partial charge on any atom is -0.508 e. The van der Waals surface area contributed by atoms with Crippen LogP contribution >= 0.6 is 0 Å². The Morgan fingerprint density at radius 1 is 1.32 bits per heavy atom. The third kappa shape index (κ3) is 3.15. The van der Waals surface area contributed by atoms with Gasteiger partial charge in [-0.3, -0.25) is 14.3 Å². The second kappa shape index (κ2) is 6.61. The van der Waals surface area contributed by atoms with Gasteiger partial charge in [-0.15, -0.1) is 0 Å². The number of rotatable bonds is 5. The number of aromatic amines is 1. The van der Waals surface area contributed by atoms with Crippen molar-refractivity contribution in [2.24, 2.45) is 12.1 Å². The average Bonchev–Trinajstić information content (AvgIpc) is 2.94. The van der Waals surface area contributed by atoms with E-state index in [0.717, 1.165) is 5.56 Å². The first-order valence-corrected chi connectivity index (χ1v) is 7.40. The van der Waals surface area contributed by atoms with Crippen molar-refractivity contribution < 1.29 is 10.2 Å². The van der Waals surface area contributed by atoms with Crippen molar-refractivity contribution in [1.29, 1.82) is 0 Å². The Morgan fingerprint density at radius 2 is 2.04 bits per heavy atom. The lowest BCUT2D eigenvalue weighted by Gasteiger charge is -2.05. The van der Waals surface area contributed by atoms with Gasteiger partial charge in [-0.1, -0.05) is 0 Å². The normalized spacial score (nSPS) is 11.4. The number of H-pyrrole nitrogens is 1. The molecule has 130 valence electrons. The molecule has 0 fully saturated rings. The number of aromatic hydroxyl groups is 1. The van der Waals surface area contributed by atoms with Crippen molar-refractivity contribution in [3.8, 4) is 5.75 Å². The maximum absolute atomic E-state index is 12.1. The number of hydrazone groups is 1. The minimum absolute atomic E-state index is 0.106. The summed E-state index contributed by atoms with van der Waals surface area (Å²) in [5.74, 6) is 0.362. The lowest BCUT2D eigenvalue weighted by molar-refractivity contribution is 0.278. The number of imidazole rings is 1. The lowest BCUT2D eigenvalue weighted by Crippen LogP contribution is -2.29. The summed E-state index contributed by atoms with van der Waals surface area (Å²) >= 11 is 0. The molecule has 1 aromatic carbocycles. The highest BCUT2D eigenvalue weighted by Crippen LogP contribution is 2.15. The molecule has 10 heteroatoms. The Bertz CT molecular complexity index is 1040. The van der Waals surface area contributed by atoms with Gasteiger partial charge >= 0.3 is 5.69 Å². The number of phenolic OH excluding ortho intramolecular Hbond substituents is 1. The standard InChI is InChI=1S/C15H16N6O4/c1-20-12-11(13(24)18-15(20)25)21(6-7-22)14(17-12)19-16-8-9-2-4-10(23)5-3-9/h2-5,8,22-23H,6-7H2,1H3,(H,17,19)(H,18,24,25)/b16-8-. The maximum Gasteiger partial charge on any atom is 0.329 e. The van der Waals surface area contributed by atoms with Gasteiger partial charge in [-0.05, 0) is 29.8 Å². The summed E-state index contributed by atoms with van der Waals surface area (Å²) in [6.45, 7) is -0.112. The van der Waals surface area contributed by atoms with Crippen molar-refractivity contribution in [3.05, 3.63) is 50.7 Å². The van der Waals surface area contributed by atoms with Gasteiger partial charge < -0.3 is 14.8 Å². The van der Waals surface area contributed by atoms with Gasteiger partial charge in [0.25, 0.3) is 5.56 Å². The van der Waals surface area contributed by atoms with Gasteiger partial charge in [0.1, 0.15) is 5.75 Å². The number of aliphatic hydroxyl groups is 1. The van der Waals surface area contributed by atoms with E-state index in [9.17, 15) is 19.8 Å². The number of aromatic nitrogens is 4. The number of anilines is 1. The Labute approximate surface area is 140 Å². The Morgan fingerprint density at radius 3 is 2.72 bits per heavy atom. The van der Waals surface area contributed by atoms with Crippen molar-refractivity contribution in [1.82, 2.24) is 19.1 Å². The van der Waals surface area contributed by atoms with Crippen LogP contribution in [-0.4, -0.2) is 42.1 Å². The molecule has 0 aliphatic rings. The zero-order chi connectivity index (χ0) is 18.0.